The Hall–Kier alpha value is -2.74. The molecule has 2 aromatic heterocycles. The lowest BCUT2D eigenvalue weighted by Gasteiger charge is -2.16. The minimum absolute atomic E-state index is 0.190. The number of thiophene rings is 1. The van der Waals surface area contributed by atoms with Crippen LogP contribution in [0.3, 0.4) is 0 Å². The molecule has 1 atom stereocenters. The molecule has 0 unspecified atom stereocenters. The van der Waals surface area contributed by atoms with Gasteiger partial charge in [0.25, 0.3) is 0 Å². The van der Waals surface area contributed by atoms with Crippen molar-refractivity contribution in [1.29, 1.82) is 0 Å². The van der Waals surface area contributed by atoms with E-state index in [0.717, 1.165) is 4.88 Å². The molecule has 0 aliphatic rings. The van der Waals surface area contributed by atoms with Crippen molar-refractivity contribution in [2.24, 2.45) is 0 Å². The van der Waals surface area contributed by atoms with E-state index in [1.54, 1.807) is 31.2 Å². The van der Waals surface area contributed by atoms with Gasteiger partial charge in [-0.15, -0.1) is 11.3 Å². The zero-order chi connectivity index (χ0) is 17.1. The van der Waals surface area contributed by atoms with Gasteiger partial charge in [0.2, 0.25) is 5.89 Å². The number of carbonyl (C=O) groups is 1. The van der Waals surface area contributed by atoms with E-state index in [0.29, 0.717) is 10.9 Å². The number of aryl methyl sites for hydroxylation is 2. The van der Waals surface area contributed by atoms with Gasteiger partial charge in [0.15, 0.2) is 5.82 Å². The highest BCUT2D eigenvalue weighted by molar-refractivity contribution is 7.16. The average molecular weight is 346 g/mol. The second-order valence-electron chi connectivity index (χ2n) is 5.13. The van der Waals surface area contributed by atoms with Crippen LogP contribution >= 0.6 is 11.3 Å². The number of halogens is 1. The molecule has 2 N–H and O–H groups in total. The molecule has 1 aromatic carbocycles. The van der Waals surface area contributed by atoms with Gasteiger partial charge in [0.05, 0.1) is 5.00 Å². The van der Waals surface area contributed by atoms with Crippen LogP contribution in [0.2, 0.25) is 0 Å². The summed E-state index contributed by atoms with van der Waals surface area (Å²) in [7, 11) is 0. The van der Waals surface area contributed by atoms with Crippen molar-refractivity contribution in [2.45, 2.75) is 19.9 Å². The van der Waals surface area contributed by atoms with Gasteiger partial charge >= 0.3 is 6.03 Å². The van der Waals surface area contributed by atoms with Gasteiger partial charge in [-0.25, -0.2) is 9.18 Å². The number of rotatable bonds is 4. The van der Waals surface area contributed by atoms with E-state index in [9.17, 15) is 9.18 Å². The van der Waals surface area contributed by atoms with Gasteiger partial charge < -0.3 is 9.84 Å². The maximum absolute atomic E-state index is 14.2. The predicted molar refractivity (Wildman–Crippen MR) is 88.5 cm³/mol. The van der Waals surface area contributed by atoms with Gasteiger partial charge in [0.1, 0.15) is 11.9 Å². The number of anilines is 1. The number of benzene rings is 1. The van der Waals surface area contributed by atoms with Crippen molar-refractivity contribution in [3.8, 4) is 0 Å². The first-order valence-corrected chi connectivity index (χ1v) is 8.03. The number of urea groups is 1. The predicted octanol–water partition coefficient (Wildman–Crippen LogP) is 3.80. The Bertz CT molecular complexity index is 861. The van der Waals surface area contributed by atoms with Crippen molar-refractivity contribution in [3.05, 3.63) is 64.4 Å². The molecule has 3 aromatic rings. The Kier molecular flexibility index (Phi) is 4.57. The number of carbonyl (C=O) groups excluding carboxylic acids is 1. The summed E-state index contributed by atoms with van der Waals surface area (Å²) in [4.78, 5) is 17.5. The van der Waals surface area contributed by atoms with E-state index >= 15 is 0 Å². The molecule has 2 heterocycles. The second kappa shape index (κ2) is 6.79. The minimum Gasteiger partial charge on any atom is -0.340 e. The first-order valence-electron chi connectivity index (χ1n) is 7.21. The summed E-state index contributed by atoms with van der Waals surface area (Å²) in [6.07, 6.45) is 0. The Balaban J connectivity index is 1.85. The molecule has 2 amide bonds. The number of aromatic nitrogens is 2. The summed E-state index contributed by atoms with van der Waals surface area (Å²) in [6.45, 7) is 3.57. The smallest absolute Gasteiger partial charge is 0.320 e. The number of hydrogen-bond donors (Lipinski definition) is 2. The van der Waals surface area contributed by atoms with Gasteiger partial charge in [-0.05, 0) is 25.1 Å². The molecule has 0 saturated heterocycles. The topological polar surface area (TPSA) is 80.0 Å². The molecular formula is C16H15FN4O2S. The standard InChI is InChI=1S/C16H15FN4O2S/c1-9-7-8-13(24-9)19-16(22)20-14(15-18-10(2)23-21-15)11-5-3-4-6-12(11)17/h3-8,14H,1-2H3,(H2,19,20,22)/t14-/m1/s1. The Morgan fingerprint density at radius 2 is 2.04 bits per heavy atom. The Morgan fingerprint density at radius 1 is 1.25 bits per heavy atom. The number of hydrogen-bond acceptors (Lipinski definition) is 5. The maximum atomic E-state index is 14.2. The summed E-state index contributed by atoms with van der Waals surface area (Å²) in [5.41, 5.74) is 0.260. The number of nitrogens with zero attached hydrogens (tertiary/aromatic N) is 2. The quantitative estimate of drug-likeness (QED) is 0.753. The van der Waals surface area contributed by atoms with E-state index in [-0.39, 0.29) is 11.4 Å². The third kappa shape index (κ3) is 3.60. The minimum atomic E-state index is -0.857. The van der Waals surface area contributed by atoms with Gasteiger partial charge in [-0.2, -0.15) is 4.98 Å². The summed E-state index contributed by atoms with van der Waals surface area (Å²) < 4.78 is 19.1. The zero-order valence-corrected chi connectivity index (χ0v) is 13.9. The monoisotopic (exact) mass is 346 g/mol. The zero-order valence-electron chi connectivity index (χ0n) is 13.0. The summed E-state index contributed by atoms with van der Waals surface area (Å²) >= 11 is 1.45. The molecule has 0 bridgehead atoms. The number of amides is 2. The molecule has 0 saturated carbocycles. The number of nitrogens with one attached hydrogen (secondary N) is 2. The van der Waals surface area contributed by atoms with Crippen molar-refractivity contribution in [3.63, 3.8) is 0 Å². The summed E-state index contributed by atoms with van der Waals surface area (Å²) in [5.74, 6) is 0.0646. The molecule has 0 aliphatic carbocycles. The van der Waals surface area contributed by atoms with Crippen molar-refractivity contribution < 1.29 is 13.7 Å². The third-order valence-electron chi connectivity index (χ3n) is 3.27. The third-order valence-corrected chi connectivity index (χ3v) is 4.19. The molecule has 0 aliphatic heterocycles. The van der Waals surface area contributed by atoms with E-state index in [1.807, 2.05) is 13.0 Å². The lowest BCUT2D eigenvalue weighted by molar-refractivity contribution is 0.249. The van der Waals surface area contributed by atoms with Gasteiger partial charge in [0, 0.05) is 17.4 Å². The largest absolute Gasteiger partial charge is 0.340 e. The first kappa shape index (κ1) is 16.1. The molecule has 6 nitrogen and oxygen atoms in total. The van der Waals surface area contributed by atoms with Crippen LogP contribution in [0, 0.1) is 19.7 Å². The van der Waals surface area contributed by atoms with Crippen molar-refractivity contribution >= 4 is 22.4 Å². The molecule has 24 heavy (non-hydrogen) atoms. The first-order chi connectivity index (χ1) is 11.5. The molecular weight excluding hydrogens is 331 g/mol. The van der Waals surface area contributed by atoms with E-state index in [2.05, 4.69) is 20.8 Å². The van der Waals surface area contributed by atoms with Crippen LogP contribution < -0.4 is 10.6 Å². The SMILES string of the molecule is Cc1nc([C@H](NC(=O)Nc2ccc(C)s2)c2ccccc2F)no1. The van der Waals surface area contributed by atoms with Crippen LogP contribution in [0.1, 0.15) is 28.2 Å². The van der Waals surface area contributed by atoms with E-state index in [4.69, 9.17) is 4.52 Å². The molecule has 0 radical (unpaired) electrons. The summed E-state index contributed by atoms with van der Waals surface area (Å²) in [5, 5.41) is 9.91. The highest BCUT2D eigenvalue weighted by Gasteiger charge is 2.24. The van der Waals surface area contributed by atoms with Crippen molar-refractivity contribution in [2.75, 3.05) is 5.32 Å². The normalized spacial score (nSPS) is 12.0. The van der Waals surface area contributed by atoms with Crippen LogP contribution in [-0.4, -0.2) is 16.2 Å². The van der Waals surface area contributed by atoms with E-state index < -0.39 is 17.9 Å². The van der Waals surface area contributed by atoms with Crippen LogP contribution in [0.15, 0.2) is 40.9 Å². The maximum Gasteiger partial charge on any atom is 0.320 e. The fourth-order valence-electron chi connectivity index (χ4n) is 2.20. The van der Waals surface area contributed by atoms with Crippen LogP contribution in [-0.2, 0) is 0 Å². The van der Waals surface area contributed by atoms with Crippen LogP contribution in [0.5, 0.6) is 0 Å². The lowest BCUT2D eigenvalue weighted by atomic mass is 10.1. The molecule has 8 heteroatoms. The van der Waals surface area contributed by atoms with Crippen molar-refractivity contribution in [1.82, 2.24) is 15.5 Å². The summed E-state index contributed by atoms with van der Waals surface area (Å²) in [6, 6.07) is 8.51. The average Bonchev–Trinajstić information content (AvgIpc) is 3.14. The highest BCUT2D eigenvalue weighted by atomic mass is 32.1. The Morgan fingerprint density at radius 3 is 2.67 bits per heavy atom. The van der Waals surface area contributed by atoms with Crippen LogP contribution in [0.25, 0.3) is 0 Å². The molecule has 3 rings (SSSR count). The lowest BCUT2D eigenvalue weighted by Crippen LogP contribution is -2.34. The van der Waals surface area contributed by atoms with E-state index in [1.165, 1.54) is 17.4 Å². The Labute approximate surface area is 141 Å². The fraction of sp³-hybridized carbons (Fsp3) is 0.188. The van der Waals surface area contributed by atoms with Crippen LogP contribution in [0.4, 0.5) is 14.2 Å². The molecule has 0 fully saturated rings. The molecule has 0 spiro atoms. The molecule has 124 valence electrons. The highest BCUT2D eigenvalue weighted by Crippen LogP contribution is 2.24. The van der Waals surface area contributed by atoms with Gasteiger partial charge in [-0.3, -0.25) is 5.32 Å². The van der Waals surface area contributed by atoms with Gasteiger partial charge in [-0.1, -0.05) is 23.4 Å². The fourth-order valence-corrected chi connectivity index (χ4v) is 2.97. The second-order valence-corrected chi connectivity index (χ2v) is 6.42.